The second-order valence-electron chi connectivity index (χ2n) is 4.43. The van der Waals surface area contributed by atoms with E-state index in [4.69, 9.17) is 0 Å². The van der Waals surface area contributed by atoms with Crippen molar-refractivity contribution in [1.29, 1.82) is 0 Å². The third kappa shape index (κ3) is 2.91. The Hall–Kier alpha value is -1.92. The number of esters is 1. The number of methoxy groups -OCH3 is 1. The Morgan fingerprint density at radius 2 is 2.21 bits per heavy atom. The molecule has 6 nitrogen and oxygen atoms in total. The first-order valence-corrected chi connectivity index (χ1v) is 5.87. The summed E-state index contributed by atoms with van der Waals surface area (Å²) in [6.07, 6.45) is -2.43. The number of amides is 1. The van der Waals surface area contributed by atoms with Crippen LogP contribution in [0.4, 0.5) is 5.69 Å². The van der Waals surface area contributed by atoms with Crippen LogP contribution in [-0.2, 0) is 20.7 Å². The second kappa shape index (κ2) is 5.38. The number of carbonyl (C=O) groups excluding carboxylic acids is 2. The van der Waals surface area contributed by atoms with E-state index in [1.165, 1.54) is 7.11 Å². The summed E-state index contributed by atoms with van der Waals surface area (Å²) in [6.45, 7) is 0. The molecule has 0 spiro atoms. The van der Waals surface area contributed by atoms with Crippen molar-refractivity contribution in [2.45, 2.75) is 25.0 Å². The lowest BCUT2D eigenvalue weighted by Crippen LogP contribution is -2.22. The molecule has 1 aromatic carbocycles. The Bertz CT molecular complexity index is 514. The topological polar surface area (TPSA) is 95.9 Å². The van der Waals surface area contributed by atoms with Crippen molar-refractivity contribution in [1.82, 2.24) is 0 Å². The zero-order valence-electron chi connectivity index (χ0n) is 10.4. The molecule has 0 aromatic heterocycles. The smallest absolute Gasteiger partial charge is 0.308 e. The van der Waals surface area contributed by atoms with Crippen molar-refractivity contribution in [3.8, 4) is 0 Å². The van der Waals surface area contributed by atoms with Crippen molar-refractivity contribution < 1.29 is 24.5 Å². The summed E-state index contributed by atoms with van der Waals surface area (Å²) in [5, 5.41) is 22.4. The highest BCUT2D eigenvalue weighted by atomic mass is 16.5. The molecule has 2 rings (SSSR count). The maximum Gasteiger partial charge on any atom is 0.308 e. The number of rotatable bonds is 4. The van der Waals surface area contributed by atoms with Crippen LogP contribution in [0.25, 0.3) is 0 Å². The predicted octanol–water partition coefficient (Wildman–Crippen LogP) is 0.139. The highest BCUT2D eigenvalue weighted by molar-refractivity contribution is 5.99. The molecule has 0 bridgehead atoms. The van der Waals surface area contributed by atoms with Gasteiger partial charge in [0.15, 0.2) is 0 Å². The molecule has 102 valence electrons. The number of anilines is 1. The van der Waals surface area contributed by atoms with E-state index in [2.05, 4.69) is 10.1 Å². The largest absolute Gasteiger partial charge is 0.469 e. The number of fused-ring (bicyclic) bond motifs is 1. The summed E-state index contributed by atoms with van der Waals surface area (Å²) in [5.41, 5.74) is 1.92. The first-order chi connectivity index (χ1) is 9.01. The van der Waals surface area contributed by atoms with Gasteiger partial charge < -0.3 is 20.3 Å². The Labute approximate surface area is 110 Å². The Morgan fingerprint density at radius 3 is 2.89 bits per heavy atom. The average Bonchev–Trinajstić information content (AvgIpc) is 2.76. The number of benzene rings is 1. The molecule has 19 heavy (non-hydrogen) atoms. The Morgan fingerprint density at radius 1 is 1.47 bits per heavy atom. The van der Waals surface area contributed by atoms with E-state index in [9.17, 15) is 19.8 Å². The van der Waals surface area contributed by atoms with Crippen molar-refractivity contribution in [2.24, 2.45) is 0 Å². The fraction of sp³-hybridized carbons (Fsp3) is 0.385. The van der Waals surface area contributed by atoms with E-state index < -0.39 is 18.2 Å². The van der Waals surface area contributed by atoms with Crippen LogP contribution in [0, 0.1) is 0 Å². The summed E-state index contributed by atoms with van der Waals surface area (Å²) < 4.78 is 4.43. The zero-order chi connectivity index (χ0) is 14.0. The van der Waals surface area contributed by atoms with Crippen LogP contribution in [0.2, 0.25) is 0 Å². The molecule has 0 radical (unpaired) electrons. The predicted molar refractivity (Wildman–Crippen MR) is 66.4 cm³/mol. The zero-order valence-corrected chi connectivity index (χ0v) is 10.4. The van der Waals surface area contributed by atoms with Crippen LogP contribution in [0.15, 0.2) is 18.2 Å². The van der Waals surface area contributed by atoms with Gasteiger partial charge in [-0.15, -0.1) is 0 Å². The lowest BCUT2D eigenvalue weighted by atomic mass is 10.00. The highest BCUT2D eigenvalue weighted by Gasteiger charge is 2.24. The van der Waals surface area contributed by atoms with Crippen LogP contribution < -0.4 is 5.32 Å². The molecule has 0 aliphatic carbocycles. The van der Waals surface area contributed by atoms with Gasteiger partial charge in [-0.3, -0.25) is 9.59 Å². The minimum Gasteiger partial charge on any atom is -0.469 e. The first kappa shape index (κ1) is 13.5. The minimum absolute atomic E-state index is 0.100. The van der Waals surface area contributed by atoms with Crippen LogP contribution in [-0.4, -0.2) is 35.3 Å². The summed E-state index contributed by atoms with van der Waals surface area (Å²) in [4.78, 5) is 22.3. The van der Waals surface area contributed by atoms with Gasteiger partial charge in [0.2, 0.25) is 5.91 Å². The number of carbonyl (C=O) groups is 2. The Kier molecular flexibility index (Phi) is 3.82. The molecule has 1 aliphatic rings. The molecule has 2 unspecified atom stereocenters. The summed E-state index contributed by atoms with van der Waals surface area (Å²) in [6, 6.07) is 4.95. The number of aliphatic hydroxyl groups excluding tert-OH is 2. The molecule has 1 amide bonds. The van der Waals surface area contributed by atoms with Gasteiger partial charge in [-0.05, 0) is 17.2 Å². The Balaban J connectivity index is 2.12. The monoisotopic (exact) mass is 265 g/mol. The first-order valence-electron chi connectivity index (χ1n) is 5.87. The average molecular weight is 265 g/mol. The molecular formula is C13H15NO5. The van der Waals surface area contributed by atoms with E-state index in [1.807, 2.05) is 0 Å². The normalized spacial score (nSPS) is 16.5. The fourth-order valence-electron chi connectivity index (χ4n) is 2.00. The van der Waals surface area contributed by atoms with E-state index >= 15 is 0 Å². The SMILES string of the molecule is COC(=O)CC(O)C(O)c1ccc2c(c1)NC(=O)C2. The number of hydrogen-bond donors (Lipinski definition) is 3. The standard InChI is InChI=1S/C13H15NO5/c1-19-12(17)6-10(15)13(18)8-3-2-7-5-11(16)14-9(7)4-8/h2-4,10,13,15,18H,5-6H2,1H3,(H,14,16). The van der Waals surface area contributed by atoms with Gasteiger partial charge in [0.25, 0.3) is 0 Å². The molecule has 3 N–H and O–H groups in total. The van der Waals surface area contributed by atoms with E-state index in [0.29, 0.717) is 17.7 Å². The van der Waals surface area contributed by atoms with Gasteiger partial charge in [0.05, 0.1) is 26.1 Å². The van der Waals surface area contributed by atoms with Gasteiger partial charge in [-0.2, -0.15) is 0 Å². The van der Waals surface area contributed by atoms with Gasteiger partial charge in [-0.25, -0.2) is 0 Å². The molecule has 1 aromatic rings. The summed E-state index contributed by atoms with van der Waals surface area (Å²) in [7, 11) is 1.21. The van der Waals surface area contributed by atoms with Crippen molar-refractivity contribution in [3.63, 3.8) is 0 Å². The molecule has 1 aliphatic heterocycles. The molecule has 0 fully saturated rings. The number of aliphatic hydroxyl groups is 2. The van der Waals surface area contributed by atoms with Gasteiger partial charge in [0, 0.05) is 5.69 Å². The highest BCUT2D eigenvalue weighted by Crippen LogP contribution is 2.28. The van der Waals surface area contributed by atoms with Gasteiger partial charge >= 0.3 is 5.97 Å². The molecule has 0 saturated heterocycles. The van der Waals surface area contributed by atoms with Gasteiger partial charge in [-0.1, -0.05) is 12.1 Å². The van der Waals surface area contributed by atoms with Crippen LogP contribution in [0.1, 0.15) is 23.7 Å². The van der Waals surface area contributed by atoms with E-state index in [1.54, 1.807) is 18.2 Å². The maximum absolute atomic E-state index is 11.2. The third-order valence-corrected chi connectivity index (χ3v) is 3.07. The molecule has 2 atom stereocenters. The molecule has 0 saturated carbocycles. The summed E-state index contributed by atoms with van der Waals surface area (Å²) in [5.74, 6) is -0.697. The number of hydrogen-bond acceptors (Lipinski definition) is 5. The number of ether oxygens (including phenoxy) is 1. The van der Waals surface area contributed by atoms with Crippen molar-refractivity contribution >= 4 is 17.6 Å². The maximum atomic E-state index is 11.2. The van der Waals surface area contributed by atoms with Crippen LogP contribution >= 0.6 is 0 Å². The lowest BCUT2D eigenvalue weighted by molar-refractivity contribution is -0.144. The quantitative estimate of drug-likeness (QED) is 0.673. The molecule has 6 heteroatoms. The summed E-state index contributed by atoms with van der Waals surface area (Å²) >= 11 is 0. The van der Waals surface area contributed by atoms with Crippen LogP contribution in [0.3, 0.4) is 0 Å². The number of nitrogens with one attached hydrogen (secondary N) is 1. The fourth-order valence-corrected chi connectivity index (χ4v) is 2.00. The molecule has 1 heterocycles. The lowest BCUT2D eigenvalue weighted by Gasteiger charge is -2.17. The minimum atomic E-state index is -1.25. The second-order valence-corrected chi connectivity index (χ2v) is 4.43. The van der Waals surface area contributed by atoms with E-state index in [-0.39, 0.29) is 12.3 Å². The van der Waals surface area contributed by atoms with Crippen LogP contribution in [0.5, 0.6) is 0 Å². The van der Waals surface area contributed by atoms with Crippen molar-refractivity contribution in [3.05, 3.63) is 29.3 Å². The third-order valence-electron chi connectivity index (χ3n) is 3.07. The molecular weight excluding hydrogens is 250 g/mol. The van der Waals surface area contributed by atoms with Gasteiger partial charge in [0.1, 0.15) is 6.10 Å². The van der Waals surface area contributed by atoms with E-state index in [0.717, 1.165) is 5.56 Å². The van der Waals surface area contributed by atoms with Crippen molar-refractivity contribution in [2.75, 3.05) is 12.4 Å².